The average molecular weight is 402 g/mol. The van der Waals surface area contributed by atoms with E-state index in [1.54, 1.807) is 31.0 Å². The molecule has 0 aliphatic heterocycles. The van der Waals surface area contributed by atoms with E-state index in [2.05, 4.69) is 22.3 Å². The third kappa shape index (κ3) is 3.69. The molecular weight excluding hydrogens is 380 g/mol. The maximum atomic E-state index is 12.8. The van der Waals surface area contributed by atoms with Crippen molar-refractivity contribution in [2.75, 3.05) is 19.5 Å². The van der Waals surface area contributed by atoms with Gasteiger partial charge in [-0.25, -0.2) is 9.50 Å². The first kappa shape index (κ1) is 19.4. The van der Waals surface area contributed by atoms with E-state index in [4.69, 9.17) is 9.47 Å². The molecule has 0 spiro atoms. The van der Waals surface area contributed by atoms with Gasteiger partial charge in [-0.2, -0.15) is 5.10 Å². The minimum Gasteiger partial charge on any atom is -0.493 e. The number of carbonyl (C=O) groups excluding carboxylic acids is 1. The molecular formula is C23H22N4O3. The Labute approximate surface area is 174 Å². The van der Waals surface area contributed by atoms with Gasteiger partial charge in [0.25, 0.3) is 5.91 Å². The molecule has 7 nitrogen and oxygen atoms in total. The van der Waals surface area contributed by atoms with Gasteiger partial charge in [0.2, 0.25) is 0 Å². The zero-order valence-corrected chi connectivity index (χ0v) is 17.0. The summed E-state index contributed by atoms with van der Waals surface area (Å²) in [5, 5.41) is 7.40. The standard InChI is InChI=1S/C23H22N4O3/c1-4-15-6-5-7-17(12-15)25-23(28)18-14-22-24-11-10-19(27(22)26-18)16-8-9-20(29-2)21(13-16)30-3/h5-14H,4H2,1-3H3,(H,25,28). The van der Waals surface area contributed by atoms with Crippen LogP contribution in [0.1, 0.15) is 23.0 Å². The summed E-state index contributed by atoms with van der Waals surface area (Å²) in [5.41, 5.74) is 4.41. The number of aromatic nitrogens is 3. The number of nitrogens with zero attached hydrogens (tertiary/aromatic N) is 3. The highest BCUT2D eigenvalue weighted by atomic mass is 16.5. The Morgan fingerprint density at radius 2 is 1.87 bits per heavy atom. The molecule has 7 heteroatoms. The van der Waals surface area contributed by atoms with Gasteiger partial charge in [-0.1, -0.05) is 19.1 Å². The molecule has 0 atom stereocenters. The van der Waals surface area contributed by atoms with E-state index < -0.39 is 0 Å². The number of fused-ring (bicyclic) bond motifs is 1. The van der Waals surface area contributed by atoms with Crippen LogP contribution >= 0.6 is 0 Å². The minimum absolute atomic E-state index is 0.285. The van der Waals surface area contributed by atoms with Crippen LogP contribution in [0.5, 0.6) is 11.5 Å². The molecule has 0 saturated heterocycles. The predicted molar refractivity (Wildman–Crippen MR) is 115 cm³/mol. The second-order valence-electron chi connectivity index (χ2n) is 6.71. The highest BCUT2D eigenvalue weighted by molar-refractivity contribution is 6.03. The van der Waals surface area contributed by atoms with Gasteiger partial charge in [0.05, 0.1) is 19.9 Å². The SMILES string of the molecule is CCc1cccc(NC(=O)c2cc3nccc(-c4ccc(OC)c(OC)c4)n3n2)c1. The van der Waals surface area contributed by atoms with E-state index in [-0.39, 0.29) is 11.6 Å². The van der Waals surface area contributed by atoms with Crippen molar-refractivity contribution in [2.24, 2.45) is 0 Å². The molecule has 2 heterocycles. The van der Waals surface area contributed by atoms with Gasteiger partial charge in [-0.3, -0.25) is 4.79 Å². The first-order chi connectivity index (χ1) is 14.6. The molecule has 4 rings (SSSR count). The lowest BCUT2D eigenvalue weighted by atomic mass is 10.1. The van der Waals surface area contributed by atoms with Crippen LogP contribution in [0.2, 0.25) is 0 Å². The Morgan fingerprint density at radius 1 is 1.03 bits per heavy atom. The number of carbonyl (C=O) groups is 1. The second kappa shape index (κ2) is 8.24. The van der Waals surface area contributed by atoms with Crippen LogP contribution in [-0.2, 0) is 6.42 Å². The number of anilines is 1. The number of hydrogen-bond donors (Lipinski definition) is 1. The lowest BCUT2D eigenvalue weighted by molar-refractivity contribution is 0.102. The van der Waals surface area contributed by atoms with Crippen LogP contribution < -0.4 is 14.8 Å². The van der Waals surface area contributed by atoms with E-state index in [0.29, 0.717) is 17.1 Å². The number of amides is 1. The topological polar surface area (TPSA) is 77.8 Å². The van der Waals surface area contributed by atoms with Crippen molar-refractivity contribution in [1.82, 2.24) is 14.6 Å². The lowest BCUT2D eigenvalue weighted by Gasteiger charge is -2.10. The average Bonchev–Trinajstić information content (AvgIpc) is 3.23. The Morgan fingerprint density at radius 3 is 2.63 bits per heavy atom. The number of ether oxygens (including phenoxy) is 2. The Hall–Kier alpha value is -3.87. The van der Waals surface area contributed by atoms with E-state index in [0.717, 1.165) is 28.9 Å². The zero-order valence-electron chi connectivity index (χ0n) is 17.0. The van der Waals surface area contributed by atoms with E-state index in [1.807, 2.05) is 48.5 Å². The number of rotatable bonds is 6. The number of hydrogen-bond acceptors (Lipinski definition) is 5. The largest absolute Gasteiger partial charge is 0.493 e. The maximum absolute atomic E-state index is 12.8. The van der Waals surface area contributed by atoms with Crippen molar-refractivity contribution in [1.29, 1.82) is 0 Å². The summed E-state index contributed by atoms with van der Waals surface area (Å²) in [6, 6.07) is 16.9. The van der Waals surface area contributed by atoms with Crippen LogP contribution in [0, 0.1) is 0 Å². The van der Waals surface area contributed by atoms with Gasteiger partial charge in [0.15, 0.2) is 22.8 Å². The Bertz CT molecular complexity index is 1220. The second-order valence-corrected chi connectivity index (χ2v) is 6.71. The quantitative estimate of drug-likeness (QED) is 0.522. The van der Waals surface area contributed by atoms with Crippen LogP contribution in [0.15, 0.2) is 60.8 Å². The third-order valence-electron chi connectivity index (χ3n) is 4.86. The van der Waals surface area contributed by atoms with Gasteiger partial charge in [-0.15, -0.1) is 0 Å². The molecule has 1 N–H and O–H groups in total. The van der Waals surface area contributed by atoms with Crippen LogP contribution in [0.25, 0.3) is 16.9 Å². The van der Waals surface area contributed by atoms with Crippen LogP contribution in [-0.4, -0.2) is 34.7 Å². The smallest absolute Gasteiger partial charge is 0.276 e. The van der Waals surface area contributed by atoms with E-state index in [9.17, 15) is 4.79 Å². The summed E-state index contributed by atoms with van der Waals surface area (Å²) >= 11 is 0. The molecule has 0 aliphatic rings. The fraction of sp³-hybridized carbons (Fsp3) is 0.174. The third-order valence-corrected chi connectivity index (χ3v) is 4.86. The number of methoxy groups -OCH3 is 2. The zero-order chi connectivity index (χ0) is 21.1. The molecule has 0 radical (unpaired) electrons. The Kier molecular flexibility index (Phi) is 5.34. The number of benzene rings is 2. The summed E-state index contributed by atoms with van der Waals surface area (Å²) in [5.74, 6) is 0.967. The van der Waals surface area contributed by atoms with Gasteiger partial charge in [0.1, 0.15) is 0 Å². The molecule has 2 aromatic heterocycles. The fourth-order valence-corrected chi connectivity index (χ4v) is 3.28. The van der Waals surface area contributed by atoms with Crippen molar-refractivity contribution in [3.63, 3.8) is 0 Å². The molecule has 4 aromatic rings. The normalized spacial score (nSPS) is 10.8. The molecule has 0 fully saturated rings. The van der Waals surface area contributed by atoms with E-state index >= 15 is 0 Å². The molecule has 0 aliphatic carbocycles. The van der Waals surface area contributed by atoms with Crippen molar-refractivity contribution in [2.45, 2.75) is 13.3 Å². The molecule has 0 unspecified atom stereocenters. The summed E-state index contributed by atoms with van der Waals surface area (Å²) in [7, 11) is 3.18. The van der Waals surface area contributed by atoms with Crippen molar-refractivity contribution in [3.05, 3.63) is 72.1 Å². The molecule has 1 amide bonds. The highest BCUT2D eigenvalue weighted by Crippen LogP contribution is 2.32. The number of nitrogens with one attached hydrogen (secondary N) is 1. The predicted octanol–water partition coefficient (Wildman–Crippen LogP) is 4.23. The molecule has 152 valence electrons. The fourth-order valence-electron chi connectivity index (χ4n) is 3.28. The van der Waals surface area contributed by atoms with Gasteiger partial charge >= 0.3 is 0 Å². The summed E-state index contributed by atoms with van der Waals surface area (Å²) in [6.07, 6.45) is 2.59. The lowest BCUT2D eigenvalue weighted by Crippen LogP contribution is -2.13. The van der Waals surface area contributed by atoms with Gasteiger partial charge in [-0.05, 0) is 48.4 Å². The summed E-state index contributed by atoms with van der Waals surface area (Å²) < 4.78 is 12.4. The number of aryl methyl sites for hydroxylation is 1. The van der Waals surface area contributed by atoms with Crippen molar-refractivity contribution in [3.8, 4) is 22.8 Å². The molecule has 0 bridgehead atoms. The van der Waals surface area contributed by atoms with Crippen molar-refractivity contribution >= 4 is 17.2 Å². The molecule has 30 heavy (non-hydrogen) atoms. The minimum atomic E-state index is -0.285. The first-order valence-corrected chi connectivity index (χ1v) is 9.60. The highest BCUT2D eigenvalue weighted by Gasteiger charge is 2.15. The van der Waals surface area contributed by atoms with Crippen LogP contribution in [0.3, 0.4) is 0 Å². The Balaban J connectivity index is 1.69. The monoisotopic (exact) mass is 402 g/mol. The van der Waals surface area contributed by atoms with E-state index in [1.165, 1.54) is 0 Å². The first-order valence-electron chi connectivity index (χ1n) is 9.60. The van der Waals surface area contributed by atoms with Gasteiger partial charge < -0.3 is 14.8 Å². The maximum Gasteiger partial charge on any atom is 0.276 e. The summed E-state index contributed by atoms with van der Waals surface area (Å²) in [6.45, 7) is 2.07. The molecule has 2 aromatic carbocycles. The van der Waals surface area contributed by atoms with Crippen molar-refractivity contribution < 1.29 is 14.3 Å². The van der Waals surface area contributed by atoms with Gasteiger partial charge in [0, 0.05) is 23.5 Å². The summed E-state index contributed by atoms with van der Waals surface area (Å²) in [4.78, 5) is 17.1. The molecule has 0 saturated carbocycles. The van der Waals surface area contributed by atoms with Crippen LogP contribution in [0.4, 0.5) is 5.69 Å².